The van der Waals surface area contributed by atoms with Gasteiger partial charge in [0.2, 0.25) is 5.91 Å². The molecule has 0 saturated carbocycles. The maximum absolute atomic E-state index is 12.4. The summed E-state index contributed by atoms with van der Waals surface area (Å²) >= 11 is 0. The van der Waals surface area contributed by atoms with Gasteiger partial charge in [-0.3, -0.25) is 9.78 Å². The third kappa shape index (κ3) is 3.56. The normalized spacial score (nSPS) is 12.5. The minimum absolute atomic E-state index is 0.0530. The molecular weight excluding hydrogens is 304 g/mol. The summed E-state index contributed by atoms with van der Waals surface area (Å²) in [6.07, 6.45) is 0.404. The Hall–Kier alpha value is -2.82. The number of anilines is 1. The molecule has 0 fully saturated rings. The van der Waals surface area contributed by atoms with Crippen molar-refractivity contribution in [2.75, 3.05) is 5.32 Å². The monoisotopic (exact) mass is 324 g/mol. The zero-order valence-electron chi connectivity index (χ0n) is 13.7. The second-order valence-electron chi connectivity index (χ2n) is 6.24. The zero-order chi connectivity index (χ0) is 17.1. The Morgan fingerprint density at radius 2 is 1.92 bits per heavy atom. The Kier molecular flexibility index (Phi) is 4.51. The SMILES string of the molecule is CC(C)C(CC(=O)Nc1ccc2oc(=O)[nH]c2c1)c1ccccc1. The van der Waals surface area contributed by atoms with Crippen molar-refractivity contribution in [3.05, 3.63) is 64.6 Å². The van der Waals surface area contributed by atoms with Crippen LogP contribution in [0.5, 0.6) is 0 Å². The highest BCUT2D eigenvalue weighted by atomic mass is 16.4. The number of carbonyl (C=O) groups excluding carboxylic acids is 1. The number of amides is 1. The van der Waals surface area contributed by atoms with Crippen molar-refractivity contribution in [2.24, 2.45) is 5.92 Å². The summed E-state index contributed by atoms with van der Waals surface area (Å²) in [4.78, 5) is 26.2. The lowest BCUT2D eigenvalue weighted by atomic mass is 9.85. The maximum Gasteiger partial charge on any atom is 0.417 e. The summed E-state index contributed by atoms with van der Waals surface area (Å²) in [5.41, 5.74) is 2.85. The van der Waals surface area contributed by atoms with Crippen molar-refractivity contribution in [1.82, 2.24) is 4.98 Å². The first-order valence-corrected chi connectivity index (χ1v) is 8.00. The molecule has 0 aliphatic carbocycles. The van der Waals surface area contributed by atoms with Crippen molar-refractivity contribution < 1.29 is 9.21 Å². The first-order valence-electron chi connectivity index (χ1n) is 8.00. The number of aromatic nitrogens is 1. The molecule has 0 saturated heterocycles. The van der Waals surface area contributed by atoms with E-state index < -0.39 is 5.76 Å². The topological polar surface area (TPSA) is 75.1 Å². The van der Waals surface area contributed by atoms with Crippen LogP contribution >= 0.6 is 0 Å². The molecule has 124 valence electrons. The predicted molar refractivity (Wildman–Crippen MR) is 94.1 cm³/mol. The Morgan fingerprint density at radius 3 is 2.62 bits per heavy atom. The molecule has 1 aromatic heterocycles. The van der Waals surface area contributed by atoms with Gasteiger partial charge in [0.1, 0.15) is 0 Å². The molecule has 5 heteroatoms. The molecular formula is C19H20N2O3. The van der Waals surface area contributed by atoms with E-state index in [1.165, 1.54) is 0 Å². The molecule has 1 unspecified atom stereocenters. The van der Waals surface area contributed by atoms with Crippen molar-refractivity contribution in [3.63, 3.8) is 0 Å². The van der Waals surface area contributed by atoms with Crippen LogP contribution in [-0.4, -0.2) is 10.9 Å². The fraction of sp³-hybridized carbons (Fsp3) is 0.263. The van der Waals surface area contributed by atoms with Gasteiger partial charge in [-0.2, -0.15) is 0 Å². The Labute approximate surface area is 139 Å². The van der Waals surface area contributed by atoms with Crippen molar-refractivity contribution >= 4 is 22.7 Å². The van der Waals surface area contributed by atoms with Gasteiger partial charge in [-0.1, -0.05) is 44.2 Å². The highest BCUT2D eigenvalue weighted by molar-refractivity contribution is 5.93. The van der Waals surface area contributed by atoms with Crippen LogP contribution in [0.1, 0.15) is 31.7 Å². The zero-order valence-corrected chi connectivity index (χ0v) is 13.7. The standard InChI is InChI=1S/C19H20N2O3/c1-12(2)15(13-6-4-3-5-7-13)11-18(22)20-14-8-9-17-16(10-14)21-19(23)24-17/h3-10,12,15H,11H2,1-2H3,(H,20,22)(H,21,23). The van der Waals surface area contributed by atoms with Crippen LogP contribution in [0.4, 0.5) is 5.69 Å². The minimum atomic E-state index is -0.502. The van der Waals surface area contributed by atoms with Crippen LogP contribution in [0.3, 0.4) is 0 Å². The highest BCUT2D eigenvalue weighted by Gasteiger charge is 2.19. The maximum atomic E-state index is 12.4. The fourth-order valence-corrected chi connectivity index (χ4v) is 2.88. The summed E-state index contributed by atoms with van der Waals surface area (Å²) in [7, 11) is 0. The van der Waals surface area contributed by atoms with Crippen LogP contribution in [0.25, 0.3) is 11.1 Å². The number of aromatic amines is 1. The molecule has 1 atom stereocenters. The van der Waals surface area contributed by atoms with Gasteiger partial charge in [-0.15, -0.1) is 0 Å². The van der Waals surface area contributed by atoms with Crippen LogP contribution in [-0.2, 0) is 4.79 Å². The van der Waals surface area contributed by atoms with Crippen molar-refractivity contribution in [3.8, 4) is 0 Å². The molecule has 3 aromatic rings. The molecule has 0 aliphatic heterocycles. The number of H-pyrrole nitrogens is 1. The molecule has 0 aliphatic rings. The van der Waals surface area contributed by atoms with Gasteiger partial charge in [-0.05, 0) is 35.6 Å². The van der Waals surface area contributed by atoms with E-state index in [1.54, 1.807) is 18.2 Å². The highest BCUT2D eigenvalue weighted by Crippen LogP contribution is 2.28. The first kappa shape index (κ1) is 16.1. The molecule has 0 spiro atoms. The van der Waals surface area contributed by atoms with Crippen LogP contribution in [0, 0.1) is 5.92 Å². The van der Waals surface area contributed by atoms with E-state index in [0.717, 1.165) is 5.56 Å². The minimum Gasteiger partial charge on any atom is -0.408 e. The summed E-state index contributed by atoms with van der Waals surface area (Å²) in [5, 5.41) is 2.90. The molecule has 0 bridgehead atoms. The van der Waals surface area contributed by atoms with Gasteiger partial charge in [-0.25, -0.2) is 4.79 Å². The lowest BCUT2D eigenvalue weighted by Crippen LogP contribution is -2.18. The number of nitrogens with one attached hydrogen (secondary N) is 2. The smallest absolute Gasteiger partial charge is 0.408 e. The van der Waals surface area contributed by atoms with Crippen molar-refractivity contribution in [2.45, 2.75) is 26.2 Å². The number of rotatable bonds is 5. The third-order valence-corrected chi connectivity index (χ3v) is 4.14. The molecule has 3 rings (SSSR count). The molecule has 24 heavy (non-hydrogen) atoms. The van der Waals surface area contributed by atoms with E-state index in [1.807, 2.05) is 18.2 Å². The van der Waals surface area contributed by atoms with Crippen molar-refractivity contribution in [1.29, 1.82) is 0 Å². The van der Waals surface area contributed by atoms with Crippen LogP contribution in [0.15, 0.2) is 57.7 Å². The lowest BCUT2D eigenvalue weighted by Gasteiger charge is -2.21. The first-order chi connectivity index (χ1) is 11.5. The molecule has 5 nitrogen and oxygen atoms in total. The predicted octanol–water partition coefficient (Wildman–Crippen LogP) is 3.89. The lowest BCUT2D eigenvalue weighted by molar-refractivity contribution is -0.116. The van der Waals surface area contributed by atoms with Gasteiger partial charge in [0.15, 0.2) is 5.58 Å². The fourth-order valence-electron chi connectivity index (χ4n) is 2.88. The van der Waals surface area contributed by atoms with E-state index in [4.69, 9.17) is 4.42 Å². The second-order valence-corrected chi connectivity index (χ2v) is 6.24. The second kappa shape index (κ2) is 6.74. The number of hydrogen-bond donors (Lipinski definition) is 2. The summed E-state index contributed by atoms with van der Waals surface area (Å²) < 4.78 is 4.96. The van der Waals surface area contributed by atoms with E-state index in [-0.39, 0.29) is 11.8 Å². The Morgan fingerprint density at radius 1 is 1.17 bits per heavy atom. The largest absolute Gasteiger partial charge is 0.417 e. The molecule has 0 radical (unpaired) electrons. The quantitative estimate of drug-likeness (QED) is 0.747. The number of hydrogen-bond acceptors (Lipinski definition) is 3. The summed E-state index contributed by atoms with van der Waals surface area (Å²) in [6.45, 7) is 4.24. The van der Waals surface area contributed by atoms with Crippen LogP contribution < -0.4 is 11.1 Å². The van der Waals surface area contributed by atoms with E-state index >= 15 is 0 Å². The van der Waals surface area contributed by atoms with Gasteiger partial charge >= 0.3 is 5.76 Å². The number of carbonyl (C=O) groups is 1. The summed E-state index contributed by atoms with van der Waals surface area (Å²) in [6, 6.07) is 15.2. The Balaban J connectivity index is 1.74. The number of benzene rings is 2. The van der Waals surface area contributed by atoms with Crippen LogP contribution in [0.2, 0.25) is 0 Å². The number of oxazole rings is 1. The van der Waals surface area contributed by atoms with Gasteiger partial charge in [0.25, 0.3) is 0 Å². The molecule has 1 amide bonds. The summed E-state index contributed by atoms with van der Waals surface area (Å²) in [5.74, 6) is -0.0466. The van der Waals surface area contributed by atoms with Gasteiger partial charge in [0.05, 0.1) is 5.52 Å². The van der Waals surface area contributed by atoms with E-state index in [0.29, 0.717) is 29.1 Å². The van der Waals surface area contributed by atoms with Gasteiger partial charge in [0, 0.05) is 12.1 Å². The van der Waals surface area contributed by atoms with E-state index in [9.17, 15) is 9.59 Å². The molecule has 2 aromatic carbocycles. The van der Waals surface area contributed by atoms with E-state index in [2.05, 4.69) is 36.3 Å². The average molecular weight is 324 g/mol. The third-order valence-electron chi connectivity index (χ3n) is 4.14. The number of fused-ring (bicyclic) bond motifs is 1. The molecule has 1 heterocycles. The van der Waals surface area contributed by atoms with Gasteiger partial charge < -0.3 is 9.73 Å². The average Bonchev–Trinajstić information content (AvgIpc) is 2.92. The Bertz CT molecular complexity index is 894. The molecule has 2 N–H and O–H groups in total.